The van der Waals surface area contributed by atoms with Gasteiger partial charge in [-0.3, -0.25) is 0 Å². The van der Waals surface area contributed by atoms with E-state index in [1.807, 2.05) is 0 Å². The van der Waals surface area contributed by atoms with Crippen LogP contribution < -0.4 is 0 Å². The lowest BCUT2D eigenvalue weighted by molar-refractivity contribution is 0.103. The molecule has 2 unspecified atom stereocenters. The first kappa shape index (κ1) is 14.2. The molecule has 96 valence electrons. The van der Waals surface area contributed by atoms with Crippen LogP contribution >= 0.6 is 0 Å². The van der Waals surface area contributed by atoms with Crippen LogP contribution in [0.5, 0.6) is 0 Å². The van der Waals surface area contributed by atoms with Gasteiger partial charge in [-0.2, -0.15) is 0 Å². The Morgan fingerprint density at radius 3 is 2.81 bits per heavy atom. The fraction of sp³-hybridized carbons (Fsp3) is 1.00. The average molecular weight is 246 g/mol. The van der Waals surface area contributed by atoms with Gasteiger partial charge in [0.05, 0.1) is 13.2 Å². The normalized spacial score (nSPS) is 21.8. The van der Waals surface area contributed by atoms with Crippen LogP contribution in [0.4, 0.5) is 0 Å². The smallest absolute Gasteiger partial charge is 0.161 e. The summed E-state index contributed by atoms with van der Waals surface area (Å²) in [6, 6.07) is 1.32. The van der Waals surface area contributed by atoms with E-state index in [9.17, 15) is 0 Å². The van der Waals surface area contributed by atoms with Crippen molar-refractivity contribution in [1.29, 1.82) is 0 Å². The Balaban J connectivity index is 1.76. The highest BCUT2D eigenvalue weighted by Gasteiger charge is 2.22. The first-order chi connectivity index (χ1) is 7.83. The van der Waals surface area contributed by atoms with Gasteiger partial charge < -0.3 is 13.9 Å². The Morgan fingerprint density at radius 2 is 2.12 bits per heavy atom. The summed E-state index contributed by atoms with van der Waals surface area (Å²) in [5.74, 6) is 0.718. The average Bonchev–Trinajstić information content (AvgIpc) is 3.08. The van der Waals surface area contributed by atoms with Crippen molar-refractivity contribution in [2.45, 2.75) is 45.3 Å². The summed E-state index contributed by atoms with van der Waals surface area (Å²) in [6.45, 7) is 8.01. The molecule has 3 nitrogen and oxygen atoms in total. The molecule has 1 rings (SSSR count). The van der Waals surface area contributed by atoms with E-state index in [4.69, 9.17) is 13.9 Å². The second kappa shape index (κ2) is 9.16. The third-order valence-corrected chi connectivity index (χ3v) is 4.43. The van der Waals surface area contributed by atoms with Gasteiger partial charge in [-0.1, -0.05) is 20.3 Å². The lowest BCUT2D eigenvalue weighted by Crippen LogP contribution is -2.09. The van der Waals surface area contributed by atoms with E-state index in [0.717, 1.165) is 38.8 Å². The first-order valence-corrected chi connectivity index (χ1v) is 8.17. The molecule has 0 saturated carbocycles. The van der Waals surface area contributed by atoms with Crippen molar-refractivity contribution in [1.82, 2.24) is 0 Å². The minimum Gasteiger partial charge on any atom is -0.424 e. The van der Waals surface area contributed by atoms with Crippen molar-refractivity contribution < 1.29 is 13.9 Å². The molecule has 0 aliphatic carbocycles. The number of ether oxygens (including phenoxy) is 2. The van der Waals surface area contributed by atoms with Gasteiger partial charge >= 0.3 is 0 Å². The van der Waals surface area contributed by atoms with E-state index in [1.54, 1.807) is 0 Å². The molecule has 0 aromatic carbocycles. The minimum absolute atomic E-state index is 0.206. The summed E-state index contributed by atoms with van der Waals surface area (Å²) < 4.78 is 16.3. The molecular formula is C12H26O3Si. The molecule has 4 heteroatoms. The van der Waals surface area contributed by atoms with Crippen LogP contribution in [-0.4, -0.2) is 42.3 Å². The van der Waals surface area contributed by atoms with Gasteiger partial charge in [0.1, 0.15) is 6.10 Å². The Bertz CT molecular complexity index is 162. The Kier molecular flexibility index (Phi) is 8.11. The standard InChI is InChI=1S/C12H26O3Si/c1-3-8-16-15-7-5-11(2)4-6-13-9-12-10-14-12/h11-12H,3-10,16H2,1-2H3. The molecule has 0 N–H and O–H groups in total. The van der Waals surface area contributed by atoms with E-state index >= 15 is 0 Å². The lowest BCUT2D eigenvalue weighted by atomic mass is 10.1. The van der Waals surface area contributed by atoms with Crippen molar-refractivity contribution in [2.75, 3.05) is 26.4 Å². The van der Waals surface area contributed by atoms with Crippen molar-refractivity contribution in [3.8, 4) is 0 Å². The molecule has 1 fully saturated rings. The summed E-state index contributed by atoms with van der Waals surface area (Å²) in [6.07, 6.45) is 4.00. The maximum Gasteiger partial charge on any atom is 0.161 e. The molecular weight excluding hydrogens is 220 g/mol. The van der Waals surface area contributed by atoms with E-state index < -0.39 is 0 Å². The molecule has 16 heavy (non-hydrogen) atoms. The zero-order chi connectivity index (χ0) is 11.6. The molecule has 0 spiro atoms. The zero-order valence-electron chi connectivity index (χ0n) is 10.7. The Labute approximate surface area is 102 Å². The van der Waals surface area contributed by atoms with E-state index in [1.165, 1.54) is 18.9 Å². The largest absolute Gasteiger partial charge is 0.424 e. The molecule has 1 aliphatic heterocycles. The van der Waals surface area contributed by atoms with Gasteiger partial charge in [0.2, 0.25) is 0 Å². The van der Waals surface area contributed by atoms with E-state index in [0.29, 0.717) is 6.10 Å². The molecule has 0 bridgehead atoms. The number of hydrogen-bond acceptors (Lipinski definition) is 3. The van der Waals surface area contributed by atoms with Crippen LogP contribution in [0.3, 0.4) is 0 Å². The topological polar surface area (TPSA) is 31.0 Å². The number of rotatable bonds is 11. The lowest BCUT2D eigenvalue weighted by Gasteiger charge is -2.11. The second-order valence-corrected chi connectivity index (χ2v) is 6.20. The van der Waals surface area contributed by atoms with Crippen molar-refractivity contribution in [3.63, 3.8) is 0 Å². The fourth-order valence-electron chi connectivity index (χ4n) is 1.44. The van der Waals surface area contributed by atoms with E-state index in [-0.39, 0.29) is 9.76 Å². The quantitative estimate of drug-likeness (QED) is 0.316. The summed E-state index contributed by atoms with van der Waals surface area (Å²) in [5.41, 5.74) is 0. The molecule has 1 aliphatic rings. The van der Waals surface area contributed by atoms with Crippen LogP contribution in [0.1, 0.15) is 33.1 Å². The summed E-state index contributed by atoms with van der Waals surface area (Å²) in [4.78, 5) is 0. The monoisotopic (exact) mass is 246 g/mol. The van der Waals surface area contributed by atoms with Crippen molar-refractivity contribution in [3.05, 3.63) is 0 Å². The predicted molar refractivity (Wildman–Crippen MR) is 68.6 cm³/mol. The number of epoxide rings is 1. The Morgan fingerprint density at radius 1 is 1.38 bits per heavy atom. The van der Waals surface area contributed by atoms with Gasteiger partial charge in [0.25, 0.3) is 0 Å². The maximum atomic E-state index is 5.68. The van der Waals surface area contributed by atoms with Crippen LogP contribution in [0, 0.1) is 5.92 Å². The highest BCUT2D eigenvalue weighted by molar-refractivity contribution is 6.26. The maximum absolute atomic E-state index is 5.68. The molecule has 1 heterocycles. The summed E-state index contributed by atoms with van der Waals surface area (Å²) in [5, 5.41) is 0. The molecule has 0 aromatic heterocycles. The first-order valence-electron chi connectivity index (χ1n) is 6.60. The van der Waals surface area contributed by atoms with Crippen LogP contribution in [0.25, 0.3) is 0 Å². The minimum atomic E-state index is -0.206. The Hall–Kier alpha value is 0.0969. The molecule has 2 atom stereocenters. The highest BCUT2D eigenvalue weighted by atomic mass is 28.2. The summed E-state index contributed by atoms with van der Waals surface area (Å²) in [7, 11) is -0.206. The summed E-state index contributed by atoms with van der Waals surface area (Å²) >= 11 is 0. The molecule has 0 amide bonds. The van der Waals surface area contributed by atoms with Crippen LogP contribution in [0.15, 0.2) is 0 Å². The van der Waals surface area contributed by atoms with Gasteiger partial charge in [0, 0.05) is 13.2 Å². The molecule has 1 saturated heterocycles. The zero-order valence-corrected chi connectivity index (χ0v) is 12.2. The van der Waals surface area contributed by atoms with Crippen LogP contribution in [-0.2, 0) is 13.9 Å². The highest BCUT2D eigenvalue weighted by Crippen LogP contribution is 2.11. The van der Waals surface area contributed by atoms with Gasteiger partial charge in [-0.05, 0) is 24.8 Å². The van der Waals surface area contributed by atoms with Gasteiger partial charge in [-0.25, -0.2) is 0 Å². The third-order valence-electron chi connectivity index (χ3n) is 2.86. The number of hydrogen-bond donors (Lipinski definition) is 0. The van der Waals surface area contributed by atoms with Crippen molar-refractivity contribution >= 4 is 9.76 Å². The van der Waals surface area contributed by atoms with Gasteiger partial charge in [0.15, 0.2) is 9.76 Å². The fourth-order valence-corrected chi connectivity index (χ4v) is 2.30. The second-order valence-electron chi connectivity index (χ2n) is 4.68. The van der Waals surface area contributed by atoms with Gasteiger partial charge in [-0.15, -0.1) is 0 Å². The van der Waals surface area contributed by atoms with Crippen molar-refractivity contribution in [2.24, 2.45) is 5.92 Å². The van der Waals surface area contributed by atoms with Crippen LogP contribution in [0.2, 0.25) is 6.04 Å². The predicted octanol–water partition coefficient (Wildman–Crippen LogP) is 1.75. The SMILES string of the molecule is CCC[SiH2]OCCC(C)CCOCC1CO1. The third kappa shape index (κ3) is 8.27. The molecule has 0 aromatic rings. The molecule has 0 radical (unpaired) electrons. The van der Waals surface area contributed by atoms with E-state index in [2.05, 4.69) is 13.8 Å².